The van der Waals surface area contributed by atoms with Gasteiger partial charge in [0.25, 0.3) is 0 Å². The van der Waals surface area contributed by atoms with E-state index in [1.807, 2.05) is 0 Å². The zero-order valence-corrected chi connectivity index (χ0v) is 8.83. The Balaban J connectivity index is 0. The first-order chi connectivity index (χ1) is 5.16. The van der Waals surface area contributed by atoms with E-state index in [0.717, 1.165) is 7.11 Å². The molecule has 1 fully saturated rings. The summed E-state index contributed by atoms with van der Waals surface area (Å²) in [5, 5.41) is 0. The van der Waals surface area contributed by atoms with Crippen LogP contribution in [0.3, 0.4) is 0 Å². The molecule has 0 aliphatic carbocycles. The summed E-state index contributed by atoms with van der Waals surface area (Å²) in [5.74, 6) is -3.55. The van der Waals surface area contributed by atoms with E-state index in [9.17, 15) is 14.4 Å². The van der Waals surface area contributed by atoms with Crippen molar-refractivity contribution in [2.45, 2.75) is 0 Å². The Kier molecular flexibility index (Phi) is 4.44. The number of methoxy groups -OCH3 is 1. The first-order valence-electron chi connectivity index (χ1n) is 2.94. The van der Waals surface area contributed by atoms with Crippen molar-refractivity contribution in [1.29, 1.82) is 0 Å². The molecule has 5 nitrogen and oxygen atoms in total. The average Bonchev–Trinajstić information content (AvgIpc) is 2.30. The van der Waals surface area contributed by atoms with Crippen LogP contribution in [-0.4, -0.2) is 31.4 Å². The fourth-order valence-corrected chi connectivity index (χ4v) is 0.786. The summed E-state index contributed by atoms with van der Waals surface area (Å²) in [5.41, 5.74) is 0. The van der Waals surface area contributed by atoms with Crippen LogP contribution in [0.5, 0.6) is 0 Å². The van der Waals surface area contributed by atoms with Gasteiger partial charge in [0.1, 0.15) is 0 Å². The van der Waals surface area contributed by atoms with E-state index in [2.05, 4.69) is 9.47 Å². The van der Waals surface area contributed by atoms with E-state index >= 15 is 0 Å². The van der Waals surface area contributed by atoms with Crippen molar-refractivity contribution in [2.24, 2.45) is 5.92 Å². The molecule has 1 rings (SSSR count). The molecule has 1 atom stereocenters. The molecule has 12 heavy (non-hydrogen) atoms. The van der Waals surface area contributed by atoms with Crippen molar-refractivity contribution in [1.82, 2.24) is 0 Å². The monoisotopic (exact) mass is 182 g/mol. The van der Waals surface area contributed by atoms with Gasteiger partial charge in [0.15, 0.2) is 12.4 Å². The van der Waals surface area contributed by atoms with Crippen molar-refractivity contribution < 1.29 is 54.8 Å². The summed E-state index contributed by atoms with van der Waals surface area (Å²) in [4.78, 5) is 32.1. The molecule has 0 saturated carbocycles. The molecule has 62 valence electrons. The van der Waals surface area contributed by atoms with Crippen LogP contribution in [0.25, 0.3) is 0 Å². The number of esters is 2. The fourth-order valence-electron chi connectivity index (χ4n) is 0.786. The molecule has 0 N–H and O–H groups in total. The van der Waals surface area contributed by atoms with Gasteiger partial charge < -0.3 is 10.9 Å². The smallest absolute Gasteiger partial charge is 1.00 e. The Bertz CT molecular complexity index is 213. The van der Waals surface area contributed by atoms with Crippen LogP contribution >= 0.6 is 0 Å². The van der Waals surface area contributed by atoms with Crippen LogP contribution in [0.1, 0.15) is 1.43 Å². The first-order valence-corrected chi connectivity index (χ1v) is 2.94. The Morgan fingerprint density at radius 1 is 1.67 bits per heavy atom. The zero-order valence-electron chi connectivity index (χ0n) is 7.83. The molecule has 1 unspecified atom stereocenters. The molecule has 0 aromatic rings. The summed E-state index contributed by atoms with van der Waals surface area (Å²) in [6.07, 6.45) is 0. The van der Waals surface area contributed by atoms with Gasteiger partial charge in [-0.1, -0.05) is 0 Å². The second kappa shape index (κ2) is 4.59. The number of rotatable bonds is 1. The summed E-state index contributed by atoms with van der Waals surface area (Å²) < 4.78 is 8.53. The van der Waals surface area contributed by atoms with E-state index in [-0.39, 0.29) is 37.6 Å². The molecule has 1 aliphatic heterocycles. The van der Waals surface area contributed by atoms with Gasteiger partial charge in [-0.15, -0.1) is 0 Å². The van der Waals surface area contributed by atoms with Gasteiger partial charge in [-0.3, -0.25) is 14.4 Å². The Hall–Kier alpha value is -0.390. The van der Waals surface area contributed by atoms with Crippen molar-refractivity contribution >= 4 is 17.7 Å². The number of ether oxygens (including phenoxy) is 2. The second-order valence-electron chi connectivity index (χ2n) is 2.03. The number of hydrogen-bond acceptors (Lipinski definition) is 5. The molecule has 0 radical (unpaired) electrons. The van der Waals surface area contributed by atoms with E-state index < -0.39 is 23.6 Å². The largest absolute Gasteiger partial charge is 1.00 e. The minimum Gasteiger partial charge on any atom is -1.00 e. The molecule has 0 amide bonds. The predicted molar refractivity (Wildman–Crippen MR) is 32.6 cm³/mol. The van der Waals surface area contributed by atoms with Crippen LogP contribution in [0.15, 0.2) is 0 Å². The first kappa shape index (κ1) is 11.6. The third kappa shape index (κ3) is 2.06. The Morgan fingerprint density at radius 3 is 2.58 bits per heavy atom. The van der Waals surface area contributed by atoms with E-state index in [0.29, 0.717) is 0 Å². The van der Waals surface area contributed by atoms with Gasteiger partial charge in [0.05, 0.1) is 7.11 Å². The summed E-state index contributed by atoms with van der Waals surface area (Å²) in [6, 6.07) is 0. The van der Waals surface area contributed by atoms with Crippen molar-refractivity contribution in [3.8, 4) is 0 Å². The third-order valence-electron chi connectivity index (χ3n) is 1.35. The van der Waals surface area contributed by atoms with Crippen molar-refractivity contribution in [3.05, 3.63) is 0 Å². The summed E-state index contributed by atoms with van der Waals surface area (Å²) in [6.45, 7) is -0.321. The number of ketones is 1. The van der Waals surface area contributed by atoms with E-state index in [1.54, 1.807) is 0 Å². The summed E-state index contributed by atoms with van der Waals surface area (Å²) >= 11 is 0. The van der Waals surface area contributed by atoms with Gasteiger partial charge >= 0.3 is 41.5 Å². The van der Waals surface area contributed by atoms with Crippen LogP contribution in [0.2, 0.25) is 0 Å². The summed E-state index contributed by atoms with van der Waals surface area (Å²) in [7, 11) is 1.11. The van der Waals surface area contributed by atoms with Crippen LogP contribution < -0.4 is 29.6 Å². The minimum absolute atomic E-state index is 0. The van der Waals surface area contributed by atoms with Gasteiger partial charge in [0.2, 0.25) is 5.92 Å². The molecule has 1 saturated heterocycles. The Labute approximate surface area is 92.2 Å². The maximum Gasteiger partial charge on any atom is 1.00 e. The van der Waals surface area contributed by atoms with Gasteiger partial charge in [-0.2, -0.15) is 0 Å². The van der Waals surface area contributed by atoms with Crippen LogP contribution in [0.4, 0.5) is 0 Å². The molecular formula is C6H7NaO5. The molecule has 1 aliphatic rings. The standard InChI is InChI=1S/C6H6O5.Na.H/c1-10-5(8)4-3(7)2-11-6(4)9;;/h4H,2H2,1H3;;/q;+1;-1. The normalized spacial score (nSPS) is 21.2. The molecule has 0 aromatic carbocycles. The zero-order chi connectivity index (χ0) is 8.43. The quantitative estimate of drug-likeness (QED) is 0.235. The van der Waals surface area contributed by atoms with Gasteiger partial charge in [-0.05, 0) is 0 Å². The molecule has 0 spiro atoms. The SMILES string of the molecule is COC(=O)C1C(=O)COC1=O.[H-].[Na+]. The number of cyclic esters (lactones) is 1. The van der Waals surface area contributed by atoms with E-state index in [1.165, 1.54) is 0 Å². The fraction of sp³-hybridized carbons (Fsp3) is 0.500. The third-order valence-corrected chi connectivity index (χ3v) is 1.35. The predicted octanol–water partition coefficient (Wildman–Crippen LogP) is -3.98. The van der Waals surface area contributed by atoms with Crippen molar-refractivity contribution in [3.63, 3.8) is 0 Å². The maximum atomic E-state index is 10.7. The number of Topliss-reactive ketones (excluding diaryl/α,β-unsaturated/α-hetero) is 1. The minimum atomic E-state index is -1.35. The van der Waals surface area contributed by atoms with Crippen LogP contribution in [-0.2, 0) is 23.9 Å². The molecule has 1 heterocycles. The number of hydrogen-bond donors (Lipinski definition) is 0. The van der Waals surface area contributed by atoms with Gasteiger partial charge in [0, 0.05) is 0 Å². The van der Waals surface area contributed by atoms with E-state index in [4.69, 9.17) is 0 Å². The number of carbonyl (C=O) groups excluding carboxylic acids is 3. The van der Waals surface area contributed by atoms with Crippen LogP contribution in [0, 0.1) is 5.92 Å². The average molecular weight is 182 g/mol. The maximum absolute atomic E-state index is 10.7. The molecule has 0 aromatic heterocycles. The molecule has 0 bridgehead atoms. The molecule has 6 heteroatoms. The molecular weight excluding hydrogens is 175 g/mol. The topological polar surface area (TPSA) is 69.7 Å². The van der Waals surface area contributed by atoms with Gasteiger partial charge in [-0.25, -0.2) is 0 Å². The Morgan fingerprint density at radius 2 is 2.25 bits per heavy atom. The van der Waals surface area contributed by atoms with Crippen molar-refractivity contribution in [2.75, 3.05) is 13.7 Å². The number of carbonyl (C=O) groups is 3. The second-order valence-corrected chi connectivity index (χ2v) is 2.03.